The van der Waals surface area contributed by atoms with Crippen molar-refractivity contribution in [2.75, 3.05) is 23.4 Å². The number of carbonyl (C=O) groups excluding carboxylic acids is 2. The highest BCUT2D eigenvalue weighted by atomic mass is 32.2. The molecule has 0 spiro atoms. The van der Waals surface area contributed by atoms with Crippen molar-refractivity contribution in [3.63, 3.8) is 0 Å². The first-order valence-corrected chi connectivity index (χ1v) is 13.1. The summed E-state index contributed by atoms with van der Waals surface area (Å²) in [6.07, 6.45) is 1.79. The van der Waals surface area contributed by atoms with Crippen LogP contribution >= 0.6 is 24.0 Å². The zero-order valence-corrected chi connectivity index (χ0v) is 22.8. The minimum Gasteiger partial charge on any atom is -0.490 e. The monoisotopic (exact) mass is 532 g/mol. The second kappa shape index (κ2) is 11.6. The highest BCUT2D eigenvalue weighted by Gasteiger charge is 2.34. The molecule has 3 aromatic rings. The highest BCUT2D eigenvalue weighted by Crippen LogP contribution is 2.38. The molecule has 1 saturated heterocycles. The van der Waals surface area contributed by atoms with Crippen LogP contribution in [0, 0.1) is 20.8 Å². The number of carbonyl (C=O) groups is 2. The fraction of sp³-hybridized carbons (Fsp3) is 0.207. The number of hydrogen-bond donors (Lipinski definition) is 1. The van der Waals surface area contributed by atoms with Gasteiger partial charge in [-0.25, -0.2) is 0 Å². The molecule has 2 amide bonds. The van der Waals surface area contributed by atoms with Gasteiger partial charge < -0.3 is 14.8 Å². The van der Waals surface area contributed by atoms with Crippen LogP contribution in [0.2, 0.25) is 0 Å². The average molecular weight is 533 g/mol. The fourth-order valence-electron chi connectivity index (χ4n) is 3.95. The Hall–Kier alpha value is -3.62. The Morgan fingerprint density at radius 2 is 1.78 bits per heavy atom. The van der Waals surface area contributed by atoms with Crippen molar-refractivity contribution in [1.82, 2.24) is 0 Å². The third-order valence-electron chi connectivity index (χ3n) is 5.61. The molecule has 8 heteroatoms. The van der Waals surface area contributed by atoms with Crippen LogP contribution in [0.4, 0.5) is 11.4 Å². The summed E-state index contributed by atoms with van der Waals surface area (Å²) in [5.41, 5.74) is 5.44. The predicted octanol–water partition coefficient (Wildman–Crippen LogP) is 6.43. The Bertz CT molecular complexity index is 1400. The molecule has 1 heterocycles. The van der Waals surface area contributed by atoms with E-state index >= 15 is 0 Å². The standard InChI is InChI=1S/C29H28N2O4S2/c1-5-34-25-15-21(10-12-24(25)35-17-27(32)30-22-8-6-7-18(2)14-22)16-26-28(33)31(29(36)37-26)23-11-9-19(3)13-20(23)4/h6-16H,5,17H2,1-4H3,(H,30,32)/b26-16-. The van der Waals surface area contributed by atoms with E-state index in [0.29, 0.717) is 33.0 Å². The summed E-state index contributed by atoms with van der Waals surface area (Å²) in [6.45, 7) is 8.07. The molecule has 1 aliphatic rings. The van der Waals surface area contributed by atoms with Crippen LogP contribution in [0.3, 0.4) is 0 Å². The van der Waals surface area contributed by atoms with Crippen molar-refractivity contribution in [3.05, 3.63) is 87.8 Å². The molecule has 0 aliphatic carbocycles. The topological polar surface area (TPSA) is 67.9 Å². The van der Waals surface area contributed by atoms with Gasteiger partial charge in [-0.1, -0.05) is 59.9 Å². The smallest absolute Gasteiger partial charge is 0.270 e. The molecule has 1 fully saturated rings. The van der Waals surface area contributed by atoms with Crippen LogP contribution < -0.4 is 19.7 Å². The Morgan fingerprint density at radius 3 is 2.51 bits per heavy atom. The molecule has 4 rings (SSSR count). The Balaban J connectivity index is 1.49. The number of amides is 2. The van der Waals surface area contributed by atoms with Crippen molar-refractivity contribution in [3.8, 4) is 11.5 Å². The van der Waals surface area contributed by atoms with E-state index in [1.165, 1.54) is 11.8 Å². The van der Waals surface area contributed by atoms with Crippen LogP contribution in [-0.4, -0.2) is 29.3 Å². The number of rotatable bonds is 8. The Morgan fingerprint density at radius 1 is 1.00 bits per heavy atom. The van der Waals surface area contributed by atoms with E-state index < -0.39 is 0 Å². The SMILES string of the molecule is CCOc1cc(/C=C2\SC(=S)N(c3ccc(C)cc3C)C2=O)ccc1OCC(=O)Nc1cccc(C)c1. The van der Waals surface area contributed by atoms with E-state index in [-0.39, 0.29) is 18.4 Å². The summed E-state index contributed by atoms with van der Waals surface area (Å²) in [6, 6.07) is 18.8. The molecule has 190 valence electrons. The lowest BCUT2D eigenvalue weighted by atomic mass is 10.1. The lowest BCUT2D eigenvalue weighted by Crippen LogP contribution is -2.28. The van der Waals surface area contributed by atoms with Crippen LogP contribution in [-0.2, 0) is 9.59 Å². The van der Waals surface area contributed by atoms with Gasteiger partial charge in [-0.05, 0) is 80.8 Å². The van der Waals surface area contributed by atoms with E-state index in [0.717, 1.165) is 27.9 Å². The van der Waals surface area contributed by atoms with Crippen LogP contribution in [0.5, 0.6) is 11.5 Å². The summed E-state index contributed by atoms with van der Waals surface area (Å²) in [4.78, 5) is 27.7. The number of hydrogen-bond acceptors (Lipinski definition) is 6. The summed E-state index contributed by atoms with van der Waals surface area (Å²) >= 11 is 6.80. The van der Waals surface area contributed by atoms with Gasteiger partial charge in [-0.15, -0.1) is 0 Å². The number of ether oxygens (including phenoxy) is 2. The summed E-state index contributed by atoms with van der Waals surface area (Å²) in [7, 11) is 0. The maximum atomic E-state index is 13.2. The molecule has 1 N–H and O–H groups in total. The first kappa shape index (κ1) is 26.4. The van der Waals surface area contributed by atoms with E-state index in [1.54, 1.807) is 23.1 Å². The maximum absolute atomic E-state index is 13.2. The van der Waals surface area contributed by atoms with Crippen molar-refractivity contribution >= 4 is 57.6 Å². The third-order valence-corrected chi connectivity index (χ3v) is 6.92. The van der Waals surface area contributed by atoms with E-state index in [2.05, 4.69) is 5.32 Å². The van der Waals surface area contributed by atoms with Gasteiger partial charge in [0.2, 0.25) is 0 Å². The summed E-state index contributed by atoms with van der Waals surface area (Å²) < 4.78 is 12.0. The largest absolute Gasteiger partial charge is 0.490 e. The number of thioether (sulfide) groups is 1. The molecule has 6 nitrogen and oxygen atoms in total. The van der Waals surface area contributed by atoms with Crippen LogP contribution in [0.1, 0.15) is 29.2 Å². The number of nitrogens with one attached hydrogen (secondary N) is 1. The molecular formula is C29H28N2O4S2. The predicted molar refractivity (Wildman–Crippen MR) is 154 cm³/mol. The van der Waals surface area contributed by atoms with Gasteiger partial charge in [0.05, 0.1) is 17.2 Å². The van der Waals surface area contributed by atoms with Gasteiger partial charge in [0.25, 0.3) is 11.8 Å². The number of anilines is 2. The van der Waals surface area contributed by atoms with Crippen molar-refractivity contribution < 1.29 is 19.1 Å². The maximum Gasteiger partial charge on any atom is 0.270 e. The van der Waals surface area contributed by atoms with E-state index in [1.807, 2.05) is 76.2 Å². The van der Waals surface area contributed by atoms with Gasteiger partial charge in [-0.3, -0.25) is 14.5 Å². The minimum absolute atomic E-state index is 0.159. The van der Waals surface area contributed by atoms with E-state index in [4.69, 9.17) is 21.7 Å². The minimum atomic E-state index is -0.271. The lowest BCUT2D eigenvalue weighted by molar-refractivity contribution is -0.118. The lowest BCUT2D eigenvalue weighted by Gasteiger charge is -2.17. The number of thiocarbonyl (C=S) groups is 1. The first-order valence-electron chi connectivity index (χ1n) is 11.9. The fourth-order valence-corrected chi connectivity index (χ4v) is 5.23. The molecule has 1 aliphatic heterocycles. The molecule has 0 unspecified atom stereocenters. The highest BCUT2D eigenvalue weighted by molar-refractivity contribution is 8.27. The van der Waals surface area contributed by atoms with Gasteiger partial charge in [0.15, 0.2) is 22.4 Å². The molecule has 0 bridgehead atoms. The molecule has 0 radical (unpaired) electrons. The van der Waals surface area contributed by atoms with Crippen molar-refractivity contribution in [2.24, 2.45) is 0 Å². The first-order chi connectivity index (χ1) is 17.7. The average Bonchev–Trinajstić information content (AvgIpc) is 3.11. The number of benzene rings is 3. The van der Waals surface area contributed by atoms with E-state index in [9.17, 15) is 9.59 Å². The van der Waals surface area contributed by atoms with Crippen molar-refractivity contribution in [2.45, 2.75) is 27.7 Å². The molecule has 3 aromatic carbocycles. The summed E-state index contributed by atoms with van der Waals surface area (Å²) in [5.74, 6) is 0.506. The number of aryl methyl sites for hydroxylation is 3. The molecular weight excluding hydrogens is 504 g/mol. The zero-order valence-electron chi connectivity index (χ0n) is 21.2. The molecule has 37 heavy (non-hydrogen) atoms. The zero-order chi connectivity index (χ0) is 26.5. The molecule has 0 aromatic heterocycles. The quantitative estimate of drug-likeness (QED) is 0.266. The second-order valence-electron chi connectivity index (χ2n) is 8.65. The van der Waals surface area contributed by atoms with Crippen LogP contribution in [0.15, 0.2) is 65.6 Å². The van der Waals surface area contributed by atoms with Gasteiger partial charge in [-0.2, -0.15) is 0 Å². The third kappa shape index (κ3) is 6.39. The molecule has 0 atom stereocenters. The second-order valence-corrected chi connectivity index (χ2v) is 10.3. The van der Waals surface area contributed by atoms with Gasteiger partial charge in [0, 0.05) is 5.69 Å². The molecule has 0 saturated carbocycles. The number of nitrogens with zero attached hydrogens (tertiary/aromatic N) is 1. The van der Waals surface area contributed by atoms with Gasteiger partial charge in [0.1, 0.15) is 0 Å². The normalized spacial score (nSPS) is 14.3. The van der Waals surface area contributed by atoms with Crippen LogP contribution in [0.25, 0.3) is 6.08 Å². The Labute approximate surface area is 226 Å². The Kier molecular flexibility index (Phi) is 8.31. The summed E-state index contributed by atoms with van der Waals surface area (Å²) in [5, 5.41) is 2.83. The van der Waals surface area contributed by atoms with Gasteiger partial charge >= 0.3 is 0 Å². The van der Waals surface area contributed by atoms with Crippen molar-refractivity contribution in [1.29, 1.82) is 0 Å².